The summed E-state index contributed by atoms with van der Waals surface area (Å²) in [5.74, 6) is -4.93. The molecular formula is C28H27N9O10S4. The third kappa shape index (κ3) is 8.73. The number of esters is 2. The van der Waals surface area contributed by atoms with Gasteiger partial charge in [0.05, 0.1) is 5.69 Å². The molecule has 4 heterocycles. The van der Waals surface area contributed by atoms with Gasteiger partial charge in [-0.05, 0) is 30.7 Å². The SMILES string of the molecule is CC(=O)Oc1ccc(C(=O)NNC(=O)NC(C(=O)NC2C(=O)N3C(C(=O)O)=C(CSc4nnc(C)s4)CS[C@H]23)c2csc(N)n2)cc1OC(C)=O. The molecule has 5 amide bonds. The second-order valence-corrected chi connectivity index (χ2v) is 14.9. The van der Waals surface area contributed by atoms with Crippen molar-refractivity contribution >= 4 is 93.0 Å². The molecule has 0 bridgehead atoms. The second kappa shape index (κ2) is 15.7. The van der Waals surface area contributed by atoms with Gasteiger partial charge in [-0.15, -0.1) is 33.3 Å². The molecule has 19 nitrogen and oxygen atoms in total. The highest BCUT2D eigenvalue weighted by molar-refractivity contribution is 8.01. The number of hydrogen-bond acceptors (Lipinski definition) is 17. The van der Waals surface area contributed by atoms with Crippen LogP contribution in [0.15, 0.2) is 39.2 Å². The molecular weight excluding hydrogens is 751 g/mol. The fraction of sp³-hybridized carbons (Fsp3) is 0.286. The van der Waals surface area contributed by atoms with Gasteiger partial charge in [0.2, 0.25) is 5.91 Å². The highest BCUT2D eigenvalue weighted by Crippen LogP contribution is 2.42. The monoisotopic (exact) mass is 777 g/mol. The van der Waals surface area contributed by atoms with Gasteiger partial charge in [0.15, 0.2) is 27.0 Å². The zero-order valence-electron chi connectivity index (χ0n) is 26.6. The molecule has 2 aliphatic heterocycles. The van der Waals surface area contributed by atoms with Crippen molar-refractivity contribution in [2.24, 2.45) is 0 Å². The van der Waals surface area contributed by atoms with Crippen molar-refractivity contribution in [2.45, 2.75) is 42.6 Å². The van der Waals surface area contributed by atoms with Gasteiger partial charge in [-0.3, -0.25) is 34.3 Å². The van der Waals surface area contributed by atoms with Gasteiger partial charge in [0.1, 0.15) is 22.1 Å². The van der Waals surface area contributed by atoms with E-state index in [-0.39, 0.29) is 45.1 Å². The second-order valence-electron chi connectivity index (χ2n) is 10.5. The summed E-state index contributed by atoms with van der Waals surface area (Å²) in [6.07, 6.45) is 0. The van der Waals surface area contributed by atoms with E-state index in [1.807, 2.05) is 0 Å². The summed E-state index contributed by atoms with van der Waals surface area (Å²) in [6, 6.07) is -0.128. The molecule has 51 heavy (non-hydrogen) atoms. The minimum atomic E-state index is -1.50. The Bertz CT molecular complexity index is 1960. The van der Waals surface area contributed by atoms with Crippen molar-refractivity contribution in [3.63, 3.8) is 0 Å². The van der Waals surface area contributed by atoms with Crippen LogP contribution < -0.4 is 36.7 Å². The number of thioether (sulfide) groups is 2. The minimum absolute atomic E-state index is 0.0285. The number of aryl methyl sites for hydroxylation is 1. The summed E-state index contributed by atoms with van der Waals surface area (Å²) in [6.45, 7) is 4.04. The predicted octanol–water partition coefficient (Wildman–Crippen LogP) is 0.952. The maximum absolute atomic E-state index is 13.5. The van der Waals surface area contributed by atoms with Crippen LogP contribution in [0.2, 0.25) is 0 Å². The van der Waals surface area contributed by atoms with Crippen LogP contribution >= 0.6 is 46.2 Å². The van der Waals surface area contributed by atoms with E-state index in [0.29, 0.717) is 9.91 Å². The third-order valence-corrected chi connectivity index (χ3v) is 10.9. The number of aromatic nitrogens is 3. The number of ether oxygens (including phenoxy) is 2. The molecule has 3 atom stereocenters. The van der Waals surface area contributed by atoms with E-state index in [1.54, 1.807) is 6.92 Å². The van der Waals surface area contributed by atoms with E-state index >= 15 is 0 Å². The number of nitrogens with zero attached hydrogens (tertiary/aromatic N) is 4. The first-order valence-electron chi connectivity index (χ1n) is 14.4. The lowest BCUT2D eigenvalue weighted by Gasteiger charge is -2.49. The summed E-state index contributed by atoms with van der Waals surface area (Å²) < 4.78 is 10.6. The Labute approximate surface area is 304 Å². The normalized spacial score (nSPS) is 17.0. The predicted molar refractivity (Wildman–Crippen MR) is 183 cm³/mol. The summed E-state index contributed by atoms with van der Waals surface area (Å²) in [4.78, 5) is 92.8. The molecule has 2 aliphatic rings. The maximum Gasteiger partial charge on any atom is 0.352 e. The van der Waals surface area contributed by atoms with Crippen LogP contribution in [-0.4, -0.2) is 89.8 Å². The summed E-state index contributed by atoms with van der Waals surface area (Å²) in [7, 11) is 0. The largest absolute Gasteiger partial charge is 0.477 e. The quantitative estimate of drug-likeness (QED) is 0.0520. The number of thiazole rings is 1. The number of rotatable bonds is 11. The lowest BCUT2D eigenvalue weighted by Crippen LogP contribution is -2.71. The summed E-state index contributed by atoms with van der Waals surface area (Å²) >= 11 is 4.93. The zero-order valence-corrected chi connectivity index (χ0v) is 29.8. The van der Waals surface area contributed by atoms with Crippen molar-refractivity contribution < 1.29 is 48.1 Å². The standard InChI is InChI=1S/C28H27N9O10S4/c1-10-33-36-28(51-10)50-8-14-7-48-24-19(23(42)37(24)20(14)25(43)44)31-22(41)18(15-9-49-26(29)30-15)32-27(45)35-34-21(40)13-4-5-16(46-11(2)38)17(6-13)47-12(3)39/h4-6,9,18-19,24H,7-8H2,1-3H3,(H2,29,30)(H,31,41)(H,34,40)(H,43,44)(H2,32,35,45)/t18?,19?,24-/m1/s1. The van der Waals surface area contributed by atoms with Crippen LogP contribution in [0.3, 0.4) is 0 Å². The van der Waals surface area contributed by atoms with Crippen LogP contribution in [0.4, 0.5) is 9.93 Å². The molecule has 23 heteroatoms. The smallest absolute Gasteiger partial charge is 0.352 e. The van der Waals surface area contributed by atoms with Crippen LogP contribution in [0.25, 0.3) is 0 Å². The van der Waals surface area contributed by atoms with Crippen molar-refractivity contribution in [3.05, 3.63) is 51.1 Å². The van der Waals surface area contributed by atoms with E-state index < -0.39 is 59.1 Å². The van der Waals surface area contributed by atoms with Gasteiger partial charge < -0.3 is 30.9 Å². The number of carbonyl (C=O) groups is 7. The fourth-order valence-corrected chi connectivity index (χ4v) is 8.59. The third-order valence-electron chi connectivity index (χ3n) is 6.80. The zero-order chi connectivity index (χ0) is 37.0. The molecule has 1 fully saturated rings. The number of hydrazine groups is 1. The number of fused-ring (bicyclic) bond motifs is 1. The number of aliphatic carboxylic acids is 1. The molecule has 0 spiro atoms. The molecule has 0 aliphatic carbocycles. The van der Waals surface area contributed by atoms with Crippen LogP contribution in [0, 0.1) is 6.92 Å². The lowest BCUT2D eigenvalue weighted by molar-refractivity contribution is -0.151. The Morgan fingerprint density at radius 3 is 2.45 bits per heavy atom. The average molecular weight is 778 g/mol. The van der Waals surface area contributed by atoms with E-state index in [2.05, 4.69) is 36.7 Å². The first-order valence-corrected chi connectivity index (χ1v) is 18.2. The number of β-lactam (4-membered cyclic amide) rings is 1. The van der Waals surface area contributed by atoms with Gasteiger partial charge in [-0.1, -0.05) is 23.1 Å². The number of nitrogen functional groups attached to an aromatic ring is 1. The first kappa shape index (κ1) is 37.0. The van der Waals surface area contributed by atoms with Crippen LogP contribution in [0.5, 0.6) is 11.5 Å². The number of anilines is 1. The molecule has 7 N–H and O–H groups in total. The Kier molecular flexibility index (Phi) is 11.4. The summed E-state index contributed by atoms with van der Waals surface area (Å²) in [5.41, 5.74) is 10.3. The van der Waals surface area contributed by atoms with E-state index in [4.69, 9.17) is 15.2 Å². The number of carboxylic acids is 1. The number of hydrogen-bond donors (Lipinski definition) is 6. The molecule has 2 aromatic heterocycles. The van der Waals surface area contributed by atoms with Crippen molar-refractivity contribution in [1.29, 1.82) is 0 Å². The Balaban J connectivity index is 1.24. The number of nitrogens with one attached hydrogen (secondary N) is 4. The highest BCUT2D eigenvalue weighted by atomic mass is 32.2. The maximum atomic E-state index is 13.5. The van der Waals surface area contributed by atoms with E-state index in [1.165, 1.54) is 52.4 Å². The van der Waals surface area contributed by atoms with Gasteiger partial charge >= 0.3 is 23.9 Å². The van der Waals surface area contributed by atoms with Gasteiger partial charge in [-0.2, -0.15) is 0 Å². The molecule has 2 unspecified atom stereocenters. The van der Waals surface area contributed by atoms with Gasteiger partial charge in [0, 0.05) is 36.3 Å². The molecule has 1 saturated heterocycles. The lowest BCUT2D eigenvalue weighted by atomic mass is 10.0. The van der Waals surface area contributed by atoms with Crippen molar-refractivity contribution in [3.8, 4) is 11.5 Å². The average Bonchev–Trinajstić information content (AvgIpc) is 3.70. The summed E-state index contributed by atoms with van der Waals surface area (Å²) in [5, 5.41) is 24.4. The van der Waals surface area contributed by atoms with Gasteiger partial charge in [-0.25, -0.2) is 20.0 Å². The number of nitrogens with two attached hydrogens (primary N) is 1. The Hall–Kier alpha value is -5.26. The molecule has 0 radical (unpaired) electrons. The Morgan fingerprint density at radius 1 is 1.10 bits per heavy atom. The van der Waals surface area contributed by atoms with Gasteiger partial charge in [0.25, 0.3) is 11.8 Å². The number of carbonyl (C=O) groups excluding carboxylic acids is 6. The highest BCUT2D eigenvalue weighted by Gasteiger charge is 2.54. The first-order chi connectivity index (χ1) is 24.2. The molecule has 1 aromatic carbocycles. The number of benzene rings is 1. The van der Waals surface area contributed by atoms with Crippen molar-refractivity contribution in [1.82, 2.24) is 41.6 Å². The molecule has 0 saturated carbocycles. The van der Waals surface area contributed by atoms with Crippen molar-refractivity contribution in [2.75, 3.05) is 17.2 Å². The molecule has 268 valence electrons. The minimum Gasteiger partial charge on any atom is -0.477 e. The topological polar surface area (TPSA) is 274 Å². The molecule has 3 aromatic rings. The molecule has 5 rings (SSSR count). The van der Waals surface area contributed by atoms with E-state index in [0.717, 1.165) is 41.2 Å². The fourth-order valence-electron chi connectivity index (χ4n) is 4.70. The number of carboxylic acid groups (broad SMARTS) is 1. The van der Waals surface area contributed by atoms with E-state index in [9.17, 15) is 38.7 Å². The number of amides is 5. The van der Waals surface area contributed by atoms with Crippen LogP contribution in [-0.2, 0) is 24.0 Å². The number of urea groups is 1. The Morgan fingerprint density at radius 2 is 1.82 bits per heavy atom. The van der Waals surface area contributed by atoms with Crippen LogP contribution in [0.1, 0.15) is 40.9 Å².